The van der Waals surface area contributed by atoms with Gasteiger partial charge in [-0.3, -0.25) is 0 Å². The zero-order valence-corrected chi connectivity index (χ0v) is 32.2. The SMILES string of the molecule is c1ccc(B(c2ccccc2)c2cc3c(cc2-c2cccc4nsnc24)[nH]c2cc(-c4cccc5nsnc45)c(B(c4ccccc4)c4ccccc4)cc23)cc1. The van der Waals surface area contributed by atoms with Crippen LogP contribution in [-0.4, -0.2) is 35.9 Å². The van der Waals surface area contributed by atoms with Crippen molar-refractivity contribution in [1.29, 1.82) is 0 Å². The minimum atomic E-state index is -0.0338. The monoisotopic (exact) mass is 763 g/mol. The summed E-state index contributed by atoms with van der Waals surface area (Å²) in [6.07, 6.45) is 0. The average Bonchev–Trinajstić information content (AvgIpc) is 4.04. The van der Waals surface area contributed by atoms with Crippen molar-refractivity contribution in [1.82, 2.24) is 22.5 Å². The molecule has 5 nitrogen and oxygen atoms in total. The summed E-state index contributed by atoms with van der Waals surface area (Å²) in [5.74, 6) is 0. The van der Waals surface area contributed by atoms with E-state index in [1.807, 2.05) is 12.1 Å². The zero-order valence-electron chi connectivity index (χ0n) is 30.6. The highest BCUT2D eigenvalue weighted by Crippen LogP contribution is 2.35. The highest BCUT2D eigenvalue weighted by atomic mass is 32.1. The number of hydrogen-bond donors (Lipinski definition) is 1. The van der Waals surface area contributed by atoms with Crippen LogP contribution in [0.3, 0.4) is 0 Å². The topological polar surface area (TPSA) is 67.3 Å². The van der Waals surface area contributed by atoms with Gasteiger partial charge in [0.2, 0.25) is 13.4 Å². The van der Waals surface area contributed by atoms with Crippen molar-refractivity contribution in [2.45, 2.75) is 0 Å². The van der Waals surface area contributed by atoms with E-state index in [-0.39, 0.29) is 13.4 Å². The number of benzene rings is 8. The summed E-state index contributed by atoms with van der Waals surface area (Å²) in [4.78, 5) is 3.91. The highest BCUT2D eigenvalue weighted by Gasteiger charge is 2.30. The normalized spacial score (nSPS) is 11.5. The van der Waals surface area contributed by atoms with E-state index in [9.17, 15) is 0 Å². The van der Waals surface area contributed by atoms with Gasteiger partial charge in [-0.15, -0.1) is 0 Å². The van der Waals surface area contributed by atoms with E-state index >= 15 is 0 Å². The second-order valence-corrected chi connectivity index (χ2v) is 15.5. The van der Waals surface area contributed by atoms with Crippen LogP contribution in [0.4, 0.5) is 0 Å². The molecule has 0 aliphatic heterocycles. The molecular weight excluding hydrogens is 732 g/mol. The molecule has 0 saturated heterocycles. The summed E-state index contributed by atoms with van der Waals surface area (Å²) < 4.78 is 18.9. The molecule has 0 radical (unpaired) electrons. The van der Waals surface area contributed by atoms with Crippen molar-refractivity contribution in [3.05, 3.63) is 182 Å². The average molecular weight is 764 g/mol. The number of aromatic amines is 1. The van der Waals surface area contributed by atoms with E-state index in [0.29, 0.717) is 0 Å². The first-order valence-corrected chi connectivity index (χ1v) is 20.5. The first kappa shape index (κ1) is 33.6. The van der Waals surface area contributed by atoms with Crippen LogP contribution in [0.2, 0.25) is 0 Å². The smallest absolute Gasteiger partial charge is 0.242 e. The van der Waals surface area contributed by atoms with Crippen molar-refractivity contribution < 1.29 is 0 Å². The lowest BCUT2D eigenvalue weighted by Crippen LogP contribution is -2.52. The molecule has 0 amide bonds. The summed E-state index contributed by atoms with van der Waals surface area (Å²) in [5.41, 5.74) is 17.6. The summed E-state index contributed by atoms with van der Waals surface area (Å²) in [6.45, 7) is -0.0676. The molecule has 0 fully saturated rings. The Morgan fingerprint density at radius 3 is 1.09 bits per heavy atom. The van der Waals surface area contributed by atoms with Gasteiger partial charge in [-0.25, -0.2) is 0 Å². The van der Waals surface area contributed by atoms with Crippen molar-refractivity contribution in [3.8, 4) is 22.3 Å². The van der Waals surface area contributed by atoms with Gasteiger partial charge in [0.05, 0.1) is 23.5 Å². The third-order valence-electron chi connectivity index (χ3n) is 11.2. The van der Waals surface area contributed by atoms with Gasteiger partial charge in [0.25, 0.3) is 0 Å². The minimum absolute atomic E-state index is 0.0338. The third-order valence-corrected chi connectivity index (χ3v) is 12.3. The summed E-state index contributed by atoms with van der Waals surface area (Å²) in [7, 11) is 0. The van der Waals surface area contributed by atoms with Crippen LogP contribution in [-0.2, 0) is 0 Å². The quantitative estimate of drug-likeness (QED) is 0.161. The largest absolute Gasteiger partial charge is 0.354 e. The molecule has 1 N–H and O–H groups in total. The van der Waals surface area contributed by atoms with E-state index in [4.69, 9.17) is 8.75 Å². The molecule has 3 heterocycles. The lowest BCUT2D eigenvalue weighted by Gasteiger charge is -2.21. The van der Waals surface area contributed by atoms with Crippen molar-refractivity contribution in [3.63, 3.8) is 0 Å². The standard InChI is InChI=1S/C48H31B2N5S2/c1-5-15-31(16-6-1)49(32-17-7-2-8-18-32)41-27-39-40-28-42(50(33-19-9-3-10-20-33)34-21-11-4-12-22-34)38(36-24-14-26-44-48(36)55-57-53-44)30-46(40)51-45(39)29-37(41)35-23-13-25-43-47(35)54-56-52-43/h1-30,51H. The van der Waals surface area contributed by atoms with Crippen LogP contribution in [0.25, 0.3) is 66.1 Å². The lowest BCUT2D eigenvalue weighted by molar-refractivity contribution is 1.54. The molecule has 0 unspecified atom stereocenters. The third kappa shape index (κ3) is 5.86. The number of H-pyrrole nitrogens is 1. The maximum atomic E-state index is 4.83. The maximum absolute atomic E-state index is 4.83. The van der Waals surface area contributed by atoms with Gasteiger partial charge in [0.15, 0.2) is 0 Å². The van der Waals surface area contributed by atoms with Gasteiger partial charge in [-0.2, -0.15) is 17.5 Å². The van der Waals surface area contributed by atoms with Crippen LogP contribution in [0.5, 0.6) is 0 Å². The molecule has 57 heavy (non-hydrogen) atoms. The molecule has 0 atom stereocenters. The second-order valence-electron chi connectivity index (χ2n) is 14.5. The highest BCUT2D eigenvalue weighted by molar-refractivity contribution is 7.00. The number of nitrogens with one attached hydrogen (secondary N) is 1. The number of rotatable bonds is 8. The van der Waals surface area contributed by atoms with Gasteiger partial charge in [-0.1, -0.05) is 191 Å². The Morgan fingerprint density at radius 1 is 0.351 bits per heavy atom. The number of nitrogens with zero attached hydrogens (tertiary/aromatic N) is 4. The predicted octanol–water partition coefficient (Wildman–Crippen LogP) is 7.70. The van der Waals surface area contributed by atoms with Gasteiger partial charge in [-0.05, 0) is 35.4 Å². The van der Waals surface area contributed by atoms with Crippen LogP contribution >= 0.6 is 23.5 Å². The Labute approximate surface area is 338 Å². The molecular formula is C48H31B2N5S2. The molecule has 11 rings (SSSR count). The molecule has 8 aromatic carbocycles. The second kappa shape index (κ2) is 14.1. The van der Waals surface area contributed by atoms with E-state index < -0.39 is 0 Å². The fourth-order valence-electron chi connectivity index (χ4n) is 8.71. The summed E-state index contributed by atoms with van der Waals surface area (Å²) in [5, 5.41) is 2.34. The van der Waals surface area contributed by atoms with Gasteiger partial charge in [0.1, 0.15) is 22.1 Å². The molecule has 9 heteroatoms. The number of aromatic nitrogens is 5. The Bertz CT molecular complexity index is 2910. The van der Waals surface area contributed by atoms with E-state index in [2.05, 4.69) is 184 Å². The summed E-state index contributed by atoms with van der Waals surface area (Å²) >= 11 is 2.52. The number of fused-ring (bicyclic) bond motifs is 5. The van der Waals surface area contributed by atoms with Crippen LogP contribution in [0.15, 0.2) is 182 Å². The van der Waals surface area contributed by atoms with Crippen molar-refractivity contribution >= 4 is 114 Å². The van der Waals surface area contributed by atoms with E-state index in [1.165, 1.54) is 67.0 Å². The summed E-state index contributed by atoms with van der Waals surface area (Å²) in [6, 6.07) is 65.6. The molecule has 11 aromatic rings. The predicted molar refractivity (Wildman–Crippen MR) is 244 cm³/mol. The molecule has 3 aromatic heterocycles. The van der Waals surface area contributed by atoms with Crippen LogP contribution < -0.4 is 32.8 Å². The Hall–Kier alpha value is -6.67. The minimum Gasteiger partial charge on any atom is -0.354 e. The maximum Gasteiger partial charge on any atom is 0.242 e. The molecule has 266 valence electrons. The van der Waals surface area contributed by atoms with Crippen molar-refractivity contribution in [2.75, 3.05) is 0 Å². The molecule has 0 saturated carbocycles. The molecule has 0 aliphatic carbocycles. The van der Waals surface area contributed by atoms with Gasteiger partial charge >= 0.3 is 0 Å². The van der Waals surface area contributed by atoms with Crippen LogP contribution in [0.1, 0.15) is 0 Å². The van der Waals surface area contributed by atoms with Crippen molar-refractivity contribution in [2.24, 2.45) is 0 Å². The van der Waals surface area contributed by atoms with Gasteiger partial charge < -0.3 is 4.98 Å². The lowest BCUT2D eigenvalue weighted by atomic mass is 9.35. The Balaban J connectivity index is 1.25. The first-order chi connectivity index (χ1) is 28.3. The van der Waals surface area contributed by atoms with E-state index in [0.717, 1.165) is 55.4 Å². The fourth-order valence-corrected chi connectivity index (χ4v) is 9.81. The Kier molecular flexibility index (Phi) is 8.34. The zero-order chi connectivity index (χ0) is 37.7. The Morgan fingerprint density at radius 2 is 0.719 bits per heavy atom. The fraction of sp³-hybridized carbons (Fsp3) is 0. The molecule has 0 aliphatic rings. The van der Waals surface area contributed by atoms with E-state index in [1.54, 1.807) is 0 Å². The van der Waals surface area contributed by atoms with Gasteiger partial charge in [0, 0.05) is 32.9 Å². The molecule has 0 spiro atoms. The van der Waals surface area contributed by atoms with Crippen LogP contribution in [0, 0.1) is 0 Å². The number of hydrogen-bond acceptors (Lipinski definition) is 6. The molecule has 0 bridgehead atoms. The first-order valence-electron chi connectivity index (χ1n) is 19.0.